The van der Waals surface area contributed by atoms with E-state index in [4.69, 9.17) is 4.98 Å². The highest BCUT2D eigenvalue weighted by atomic mass is 15.3. The third-order valence-electron chi connectivity index (χ3n) is 5.81. The topological polar surface area (TPSA) is 58.9 Å². The summed E-state index contributed by atoms with van der Waals surface area (Å²) >= 11 is 0. The Labute approximate surface area is 157 Å². The first-order chi connectivity index (χ1) is 12.5. The van der Waals surface area contributed by atoms with Crippen molar-refractivity contribution < 1.29 is 0 Å². The Kier molecular flexibility index (Phi) is 5.91. The minimum atomic E-state index is 0.194. The molecule has 1 saturated carbocycles. The van der Waals surface area contributed by atoms with Gasteiger partial charge >= 0.3 is 0 Å². The number of aromatic nitrogens is 4. The van der Waals surface area contributed by atoms with Gasteiger partial charge in [0, 0.05) is 56.4 Å². The lowest BCUT2D eigenvalue weighted by molar-refractivity contribution is 0.423. The van der Waals surface area contributed by atoms with Gasteiger partial charge in [0.05, 0.1) is 5.69 Å². The first-order valence-corrected chi connectivity index (χ1v) is 9.74. The molecule has 2 aromatic rings. The molecular formula is C20H32N6. The van der Waals surface area contributed by atoms with Crippen LogP contribution in [0.5, 0.6) is 0 Å². The lowest BCUT2D eigenvalue weighted by Crippen LogP contribution is -2.34. The number of nitrogens with zero attached hydrogens (tertiary/aromatic N) is 5. The van der Waals surface area contributed by atoms with E-state index in [0.29, 0.717) is 6.04 Å². The van der Waals surface area contributed by atoms with Gasteiger partial charge in [-0.25, -0.2) is 15.0 Å². The van der Waals surface area contributed by atoms with Gasteiger partial charge < -0.3 is 14.8 Å². The molecule has 0 aliphatic heterocycles. The highest BCUT2D eigenvalue weighted by Gasteiger charge is 2.21. The number of hydrogen-bond donors (Lipinski definition) is 1. The standard InChI is InChI=1S/C20H32N6/c1-14(21-11-18-12-22-16(3)25(18)4)19-13-23-20(24-15(19)2)26(5)17-9-7-6-8-10-17/h12-14,17,21H,6-11H2,1-5H3. The molecule has 0 amide bonds. The number of hydrogen-bond acceptors (Lipinski definition) is 5. The van der Waals surface area contributed by atoms with Gasteiger partial charge in [0.15, 0.2) is 0 Å². The van der Waals surface area contributed by atoms with Crippen LogP contribution in [0.15, 0.2) is 12.4 Å². The molecule has 3 rings (SSSR count). The van der Waals surface area contributed by atoms with Crippen molar-refractivity contribution in [2.45, 2.75) is 71.5 Å². The molecule has 0 spiro atoms. The molecule has 0 radical (unpaired) electrons. The first-order valence-electron chi connectivity index (χ1n) is 9.74. The average molecular weight is 357 g/mol. The van der Waals surface area contributed by atoms with Crippen molar-refractivity contribution in [3.63, 3.8) is 0 Å². The predicted molar refractivity (Wildman–Crippen MR) is 105 cm³/mol. The second-order valence-corrected chi connectivity index (χ2v) is 7.57. The summed E-state index contributed by atoms with van der Waals surface area (Å²) in [5.74, 6) is 1.89. The van der Waals surface area contributed by atoms with E-state index in [2.05, 4.69) is 45.6 Å². The van der Waals surface area contributed by atoms with Crippen molar-refractivity contribution in [1.82, 2.24) is 24.8 Å². The van der Waals surface area contributed by atoms with Gasteiger partial charge in [-0.15, -0.1) is 0 Å². The fourth-order valence-corrected chi connectivity index (χ4v) is 3.77. The maximum atomic E-state index is 4.80. The van der Waals surface area contributed by atoms with Gasteiger partial charge in [-0.3, -0.25) is 0 Å². The molecule has 0 aromatic carbocycles. The van der Waals surface area contributed by atoms with E-state index in [1.54, 1.807) is 0 Å². The molecule has 1 unspecified atom stereocenters. The molecule has 0 saturated heterocycles. The number of nitrogens with one attached hydrogen (secondary N) is 1. The molecule has 2 aromatic heterocycles. The fraction of sp³-hybridized carbons (Fsp3) is 0.650. The number of imidazole rings is 1. The normalized spacial score (nSPS) is 16.7. The fourth-order valence-electron chi connectivity index (χ4n) is 3.77. The van der Waals surface area contributed by atoms with Gasteiger partial charge in [-0.2, -0.15) is 0 Å². The van der Waals surface area contributed by atoms with Crippen LogP contribution < -0.4 is 10.2 Å². The lowest BCUT2D eigenvalue weighted by atomic mass is 9.95. The summed E-state index contributed by atoms with van der Waals surface area (Å²) in [5, 5.41) is 3.57. The Morgan fingerprint density at radius 3 is 2.54 bits per heavy atom. The predicted octanol–water partition coefficient (Wildman–Crippen LogP) is 3.45. The minimum Gasteiger partial charge on any atom is -0.341 e. The van der Waals surface area contributed by atoms with E-state index < -0.39 is 0 Å². The van der Waals surface area contributed by atoms with Crippen molar-refractivity contribution in [3.8, 4) is 0 Å². The zero-order chi connectivity index (χ0) is 18.7. The molecule has 6 heteroatoms. The summed E-state index contributed by atoms with van der Waals surface area (Å²) in [4.78, 5) is 16.1. The van der Waals surface area contributed by atoms with Crippen LogP contribution in [-0.4, -0.2) is 32.6 Å². The molecule has 1 aliphatic carbocycles. The quantitative estimate of drug-likeness (QED) is 0.859. The highest BCUT2D eigenvalue weighted by molar-refractivity contribution is 5.34. The van der Waals surface area contributed by atoms with E-state index in [1.807, 2.05) is 26.4 Å². The molecule has 142 valence electrons. The molecule has 1 fully saturated rings. The molecule has 1 atom stereocenters. The highest BCUT2D eigenvalue weighted by Crippen LogP contribution is 2.25. The molecule has 2 heterocycles. The van der Waals surface area contributed by atoms with E-state index in [9.17, 15) is 0 Å². The zero-order valence-electron chi connectivity index (χ0n) is 16.8. The van der Waals surface area contributed by atoms with E-state index in [-0.39, 0.29) is 6.04 Å². The van der Waals surface area contributed by atoms with Crippen LogP contribution in [0.25, 0.3) is 0 Å². The third kappa shape index (κ3) is 4.06. The van der Waals surface area contributed by atoms with Crippen LogP contribution in [0.4, 0.5) is 5.95 Å². The van der Waals surface area contributed by atoms with Gasteiger partial charge in [0.25, 0.3) is 0 Å². The minimum absolute atomic E-state index is 0.194. The first kappa shape index (κ1) is 18.8. The Hall–Kier alpha value is -1.95. The van der Waals surface area contributed by atoms with Gasteiger partial charge in [0.2, 0.25) is 5.95 Å². The summed E-state index contributed by atoms with van der Waals surface area (Å²) in [6, 6.07) is 0.775. The summed E-state index contributed by atoms with van der Waals surface area (Å²) in [5.41, 5.74) is 3.39. The molecule has 6 nitrogen and oxygen atoms in total. The Morgan fingerprint density at radius 1 is 1.19 bits per heavy atom. The number of rotatable bonds is 6. The zero-order valence-corrected chi connectivity index (χ0v) is 16.8. The monoisotopic (exact) mass is 356 g/mol. The number of anilines is 1. The number of aryl methyl sites for hydroxylation is 2. The van der Waals surface area contributed by atoms with E-state index in [1.165, 1.54) is 37.8 Å². The summed E-state index contributed by atoms with van der Waals surface area (Å²) < 4.78 is 2.12. The second kappa shape index (κ2) is 8.16. The van der Waals surface area contributed by atoms with Crippen molar-refractivity contribution >= 4 is 5.95 Å². The Morgan fingerprint density at radius 2 is 1.92 bits per heavy atom. The smallest absolute Gasteiger partial charge is 0.225 e. The third-order valence-corrected chi connectivity index (χ3v) is 5.81. The maximum absolute atomic E-state index is 4.80. The van der Waals surface area contributed by atoms with Crippen molar-refractivity contribution in [2.75, 3.05) is 11.9 Å². The van der Waals surface area contributed by atoms with Crippen molar-refractivity contribution in [1.29, 1.82) is 0 Å². The van der Waals surface area contributed by atoms with Crippen LogP contribution in [0, 0.1) is 13.8 Å². The second-order valence-electron chi connectivity index (χ2n) is 7.57. The molecular weight excluding hydrogens is 324 g/mol. The SMILES string of the molecule is Cc1nc(N(C)C2CCCCC2)ncc1C(C)NCc1cnc(C)n1C. The average Bonchev–Trinajstić information content (AvgIpc) is 2.98. The summed E-state index contributed by atoms with van der Waals surface area (Å²) in [7, 11) is 4.19. The van der Waals surface area contributed by atoms with Crippen LogP contribution in [-0.2, 0) is 13.6 Å². The van der Waals surface area contributed by atoms with Crippen molar-refractivity contribution in [3.05, 3.63) is 35.2 Å². The molecule has 26 heavy (non-hydrogen) atoms. The molecule has 1 N–H and O–H groups in total. The van der Waals surface area contributed by atoms with Gasteiger partial charge in [-0.1, -0.05) is 19.3 Å². The Balaban J connectivity index is 1.65. The summed E-state index contributed by atoms with van der Waals surface area (Å²) in [6.45, 7) is 7.05. The summed E-state index contributed by atoms with van der Waals surface area (Å²) in [6.07, 6.45) is 10.4. The largest absolute Gasteiger partial charge is 0.341 e. The lowest BCUT2D eigenvalue weighted by Gasteiger charge is -2.31. The van der Waals surface area contributed by atoms with Gasteiger partial charge in [0.1, 0.15) is 5.82 Å². The van der Waals surface area contributed by atoms with E-state index in [0.717, 1.165) is 29.6 Å². The van der Waals surface area contributed by atoms with E-state index >= 15 is 0 Å². The van der Waals surface area contributed by atoms with Crippen molar-refractivity contribution in [2.24, 2.45) is 7.05 Å². The van der Waals surface area contributed by atoms with Gasteiger partial charge in [-0.05, 0) is 33.6 Å². The van der Waals surface area contributed by atoms with Crippen LogP contribution in [0.3, 0.4) is 0 Å². The van der Waals surface area contributed by atoms with Crippen LogP contribution >= 0.6 is 0 Å². The molecule has 1 aliphatic rings. The molecule has 0 bridgehead atoms. The van der Waals surface area contributed by atoms with Crippen LogP contribution in [0.1, 0.15) is 67.8 Å². The Bertz CT molecular complexity index is 732. The van der Waals surface area contributed by atoms with Crippen LogP contribution in [0.2, 0.25) is 0 Å². The maximum Gasteiger partial charge on any atom is 0.225 e.